The third-order valence-corrected chi connectivity index (χ3v) is 4.67. The molecule has 120 valence electrons. The monoisotopic (exact) mass is 283 g/mol. The Balaban J connectivity index is 2.11. The second-order valence-corrected chi connectivity index (χ2v) is 6.79. The lowest BCUT2D eigenvalue weighted by Crippen LogP contribution is -2.39. The van der Waals surface area contributed by atoms with Gasteiger partial charge in [0, 0.05) is 31.7 Å². The first-order valence-electron chi connectivity index (χ1n) is 8.76. The number of hydrogen-bond donors (Lipinski definition) is 1. The Kier molecular flexibility index (Phi) is 8.74. The van der Waals surface area contributed by atoms with Gasteiger partial charge in [-0.25, -0.2) is 0 Å². The van der Waals surface area contributed by atoms with Crippen LogP contribution in [0, 0.1) is 5.92 Å². The summed E-state index contributed by atoms with van der Waals surface area (Å²) in [6.45, 7) is 18.8. The zero-order valence-corrected chi connectivity index (χ0v) is 14.5. The van der Waals surface area contributed by atoms with Crippen molar-refractivity contribution in [2.75, 3.05) is 39.3 Å². The van der Waals surface area contributed by atoms with Gasteiger partial charge in [0.1, 0.15) is 0 Å². The van der Waals surface area contributed by atoms with Crippen LogP contribution >= 0.6 is 0 Å². The van der Waals surface area contributed by atoms with Crippen molar-refractivity contribution < 1.29 is 0 Å². The van der Waals surface area contributed by atoms with Gasteiger partial charge in [0.25, 0.3) is 0 Å². The van der Waals surface area contributed by atoms with E-state index in [-0.39, 0.29) is 0 Å². The lowest BCUT2D eigenvalue weighted by molar-refractivity contribution is 0.210. The Bertz CT molecular complexity index is 238. The first kappa shape index (κ1) is 17.9. The molecule has 3 heteroatoms. The topological polar surface area (TPSA) is 18.5 Å². The van der Waals surface area contributed by atoms with Gasteiger partial charge in [-0.2, -0.15) is 0 Å². The summed E-state index contributed by atoms with van der Waals surface area (Å²) in [7, 11) is 0. The summed E-state index contributed by atoms with van der Waals surface area (Å²) in [6.07, 6.45) is 3.99. The Morgan fingerprint density at radius 2 is 1.85 bits per heavy atom. The van der Waals surface area contributed by atoms with Crippen LogP contribution in [0.1, 0.15) is 53.9 Å². The zero-order valence-electron chi connectivity index (χ0n) is 14.5. The molecule has 1 aliphatic heterocycles. The molecule has 0 aliphatic carbocycles. The number of hydrogen-bond acceptors (Lipinski definition) is 3. The van der Waals surface area contributed by atoms with E-state index in [9.17, 15) is 0 Å². The number of likely N-dealkylation sites (tertiary alicyclic amines) is 1. The molecule has 1 aliphatic rings. The van der Waals surface area contributed by atoms with Gasteiger partial charge in [-0.05, 0) is 51.7 Å². The Labute approximate surface area is 127 Å². The van der Waals surface area contributed by atoms with Crippen molar-refractivity contribution in [3.63, 3.8) is 0 Å². The molecule has 0 bridgehead atoms. The summed E-state index contributed by atoms with van der Waals surface area (Å²) in [6, 6.07) is 1.46. The predicted octanol–water partition coefficient (Wildman–Crippen LogP) is 2.82. The molecule has 1 saturated heterocycles. The molecule has 0 radical (unpaired) electrons. The van der Waals surface area contributed by atoms with Crippen LogP contribution in [0.15, 0.2) is 0 Å². The highest BCUT2D eigenvalue weighted by Crippen LogP contribution is 2.14. The average Bonchev–Trinajstić information content (AvgIpc) is 2.86. The third kappa shape index (κ3) is 6.55. The second-order valence-electron chi connectivity index (χ2n) is 6.79. The van der Waals surface area contributed by atoms with E-state index in [1.807, 2.05) is 0 Å². The summed E-state index contributed by atoms with van der Waals surface area (Å²) in [5.74, 6) is 0.827. The van der Waals surface area contributed by atoms with Gasteiger partial charge in [-0.3, -0.25) is 4.90 Å². The molecule has 1 heterocycles. The molecule has 2 atom stereocenters. The van der Waals surface area contributed by atoms with Gasteiger partial charge >= 0.3 is 0 Å². The van der Waals surface area contributed by atoms with Crippen LogP contribution in [-0.2, 0) is 0 Å². The highest BCUT2D eigenvalue weighted by molar-refractivity contribution is 4.83. The SMILES string of the molecule is CCN(CC)C1CCN(CCNC(C)CCC(C)C)C1. The van der Waals surface area contributed by atoms with Crippen molar-refractivity contribution in [2.24, 2.45) is 5.92 Å². The van der Waals surface area contributed by atoms with Crippen LogP contribution in [0.3, 0.4) is 0 Å². The minimum atomic E-state index is 0.665. The molecule has 1 N–H and O–H groups in total. The first-order chi connectivity index (χ1) is 9.56. The van der Waals surface area contributed by atoms with Crippen molar-refractivity contribution >= 4 is 0 Å². The normalized spacial score (nSPS) is 22.1. The van der Waals surface area contributed by atoms with E-state index in [0.717, 1.165) is 18.5 Å². The molecule has 0 amide bonds. The standard InChI is InChI=1S/C17H37N3/c1-6-20(7-2)17-10-12-19(14-17)13-11-18-16(5)9-8-15(3)4/h15-18H,6-14H2,1-5H3. The maximum Gasteiger partial charge on any atom is 0.0235 e. The largest absolute Gasteiger partial charge is 0.313 e. The van der Waals surface area contributed by atoms with Crippen LogP contribution < -0.4 is 5.32 Å². The third-order valence-electron chi connectivity index (χ3n) is 4.67. The molecule has 0 saturated carbocycles. The average molecular weight is 284 g/mol. The molecule has 0 aromatic heterocycles. The Hall–Kier alpha value is -0.120. The van der Waals surface area contributed by atoms with E-state index < -0.39 is 0 Å². The van der Waals surface area contributed by atoms with Gasteiger partial charge in [-0.1, -0.05) is 27.7 Å². The van der Waals surface area contributed by atoms with E-state index in [1.54, 1.807) is 0 Å². The van der Waals surface area contributed by atoms with E-state index >= 15 is 0 Å². The lowest BCUT2D eigenvalue weighted by atomic mass is 10.0. The number of rotatable bonds is 10. The molecule has 0 spiro atoms. The molecule has 0 aromatic rings. The summed E-state index contributed by atoms with van der Waals surface area (Å²) >= 11 is 0. The van der Waals surface area contributed by atoms with Crippen molar-refractivity contribution in [1.29, 1.82) is 0 Å². The number of nitrogens with one attached hydrogen (secondary N) is 1. The fraction of sp³-hybridized carbons (Fsp3) is 1.00. The molecule has 1 rings (SSSR count). The zero-order chi connectivity index (χ0) is 15.0. The summed E-state index contributed by atoms with van der Waals surface area (Å²) < 4.78 is 0. The maximum atomic E-state index is 3.68. The van der Waals surface area contributed by atoms with E-state index in [2.05, 4.69) is 49.7 Å². The summed E-state index contributed by atoms with van der Waals surface area (Å²) in [5.41, 5.74) is 0. The number of nitrogens with zero attached hydrogens (tertiary/aromatic N) is 2. The highest BCUT2D eigenvalue weighted by Gasteiger charge is 2.25. The molecule has 20 heavy (non-hydrogen) atoms. The molecule has 1 fully saturated rings. The number of likely N-dealkylation sites (N-methyl/N-ethyl adjacent to an activating group) is 1. The Morgan fingerprint density at radius 1 is 1.15 bits per heavy atom. The quantitative estimate of drug-likeness (QED) is 0.665. The van der Waals surface area contributed by atoms with Crippen LogP contribution in [0.4, 0.5) is 0 Å². The predicted molar refractivity (Wildman–Crippen MR) is 89.3 cm³/mol. The first-order valence-corrected chi connectivity index (χ1v) is 8.76. The molecular formula is C17H37N3. The van der Waals surface area contributed by atoms with Crippen LogP contribution in [0.5, 0.6) is 0 Å². The highest BCUT2D eigenvalue weighted by atomic mass is 15.3. The van der Waals surface area contributed by atoms with Crippen molar-refractivity contribution in [1.82, 2.24) is 15.1 Å². The molecule has 0 aromatic carbocycles. The van der Waals surface area contributed by atoms with E-state index in [1.165, 1.54) is 52.0 Å². The van der Waals surface area contributed by atoms with Gasteiger partial charge in [0.15, 0.2) is 0 Å². The summed E-state index contributed by atoms with van der Waals surface area (Å²) in [4.78, 5) is 5.24. The fourth-order valence-corrected chi connectivity index (χ4v) is 3.21. The van der Waals surface area contributed by atoms with Crippen LogP contribution in [-0.4, -0.2) is 61.2 Å². The smallest absolute Gasteiger partial charge is 0.0235 e. The maximum absolute atomic E-state index is 3.68. The lowest BCUT2D eigenvalue weighted by Gasteiger charge is -2.26. The van der Waals surface area contributed by atoms with Crippen molar-refractivity contribution in [3.05, 3.63) is 0 Å². The minimum Gasteiger partial charge on any atom is -0.313 e. The van der Waals surface area contributed by atoms with Crippen LogP contribution in [0.25, 0.3) is 0 Å². The molecule has 3 nitrogen and oxygen atoms in total. The fourth-order valence-electron chi connectivity index (χ4n) is 3.21. The minimum absolute atomic E-state index is 0.665. The second kappa shape index (κ2) is 9.75. The van der Waals surface area contributed by atoms with E-state index in [4.69, 9.17) is 0 Å². The Morgan fingerprint density at radius 3 is 2.45 bits per heavy atom. The summed E-state index contributed by atoms with van der Waals surface area (Å²) in [5, 5.41) is 3.68. The van der Waals surface area contributed by atoms with E-state index in [0.29, 0.717) is 6.04 Å². The molecular weight excluding hydrogens is 246 g/mol. The molecule has 2 unspecified atom stereocenters. The van der Waals surface area contributed by atoms with Crippen molar-refractivity contribution in [3.8, 4) is 0 Å². The van der Waals surface area contributed by atoms with Gasteiger partial charge < -0.3 is 10.2 Å². The van der Waals surface area contributed by atoms with Gasteiger partial charge in [-0.15, -0.1) is 0 Å². The van der Waals surface area contributed by atoms with Gasteiger partial charge in [0.2, 0.25) is 0 Å². The van der Waals surface area contributed by atoms with Crippen molar-refractivity contribution in [2.45, 2.75) is 66.0 Å². The van der Waals surface area contributed by atoms with Gasteiger partial charge in [0.05, 0.1) is 0 Å². The van der Waals surface area contributed by atoms with Crippen LogP contribution in [0.2, 0.25) is 0 Å².